The third-order valence-electron chi connectivity index (χ3n) is 7.15. The summed E-state index contributed by atoms with van der Waals surface area (Å²) in [5.41, 5.74) is 10.1. The number of para-hydroxylation sites is 3. The zero-order valence-corrected chi connectivity index (χ0v) is 20.1. The van der Waals surface area contributed by atoms with Gasteiger partial charge in [0.05, 0.1) is 12.6 Å². The Labute approximate surface area is 208 Å². The Balaban J connectivity index is 1.46. The van der Waals surface area contributed by atoms with Crippen molar-refractivity contribution in [2.24, 2.45) is 7.05 Å². The van der Waals surface area contributed by atoms with E-state index in [-0.39, 0.29) is 0 Å². The zero-order valence-electron chi connectivity index (χ0n) is 20.1. The van der Waals surface area contributed by atoms with Gasteiger partial charge in [0.15, 0.2) is 23.0 Å². The second-order valence-corrected chi connectivity index (χ2v) is 9.27. The number of fused-ring (bicyclic) bond motifs is 4. The predicted octanol–water partition coefficient (Wildman–Crippen LogP) is 7.39. The Morgan fingerprint density at radius 2 is 1.56 bits per heavy atom. The molecule has 7 rings (SSSR count). The third-order valence-corrected chi connectivity index (χ3v) is 7.15. The molecule has 4 heteroatoms. The van der Waals surface area contributed by atoms with Gasteiger partial charge >= 0.3 is 0 Å². The molecule has 0 bridgehead atoms. The van der Waals surface area contributed by atoms with Gasteiger partial charge in [-0.25, -0.2) is 9.55 Å². The number of rotatable bonds is 3. The average Bonchev–Trinajstić information content (AvgIpc) is 3.52. The van der Waals surface area contributed by atoms with Crippen LogP contribution < -0.4 is 4.57 Å². The van der Waals surface area contributed by atoms with E-state index < -0.39 is 0 Å². The first-order valence-electron chi connectivity index (χ1n) is 12.1. The maximum Gasteiger partial charge on any atom is 0.295 e. The van der Waals surface area contributed by atoms with Crippen LogP contribution in [0.3, 0.4) is 0 Å². The molecule has 0 N–H and O–H groups in total. The van der Waals surface area contributed by atoms with Crippen LogP contribution in [0.25, 0.3) is 61.1 Å². The molecule has 0 fully saturated rings. The summed E-state index contributed by atoms with van der Waals surface area (Å²) in [5.74, 6) is 1.16. The minimum Gasteiger partial charge on any atom is -0.443 e. The fraction of sp³-hybridized carbons (Fsp3) is 0.0625. The molecule has 0 unspecified atom stereocenters. The van der Waals surface area contributed by atoms with Crippen LogP contribution in [0.4, 0.5) is 0 Å². The number of nitrogens with zero attached hydrogens (tertiary/aromatic N) is 3. The molecule has 2 aromatic heterocycles. The average molecular weight is 467 g/mol. The van der Waals surface area contributed by atoms with Crippen molar-refractivity contribution >= 4 is 32.9 Å². The Bertz CT molecular complexity index is 1910. The van der Waals surface area contributed by atoms with E-state index in [1.165, 1.54) is 39.7 Å². The highest BCUT2D eigenvalue weighted by atomic mass is 16.3. The number of hydrogen-bond acceptors (Lipinski definition) is 2. The summed E-state index contributed by atoms with van der Waals surface area (Å²) in [6.07, 6.45) is 1.51. The van der Waals surface area contributed by atoms with Crippen molar-refractivity contribution in [1.29, 1.82) is 0 Å². The summed E-state index contributed by atoms with van der Waals surface area (Å²) in [6.45, 7) is 2.19. The summed E-state index contributed by atoms with van der Waals surface area (Å²) < 4.78 is 10.3. The first-order chi connectivity index (χ1) is 17.7. The first kappa shape index (κ1) is 20.7. The molecule has 2 heterocycles. The maximum absolute atomic E-state index is 5.65. The Morgan fingerprint density at radius 3 is 2.44 bits per heavy atom. The summed E-state index contributed by atoms with van der Waals surface area (Å²) in [7, 11) is 2.15. The van der Waals surface area contributed by atoms with Gasteiger partial charge in [-0.1, -0.05) is 54.6 Å². The van der Waals surface area contributed by atoms with Crippen LogP contribution in [0.1, 0.15) is 5.56 Å². The van der Waals surface area contributed by atoms with Gasteiger partial charge in [0.1, 0.15) is 11.2 Å². The van der Waals surface area contributed by atoms with Crippen LogP contribution in [-0.4, -0.2) is 9.55 Å². The van der Waals surface area contributed by atoms with Gasteiger partial charge < -0.3 is 4.42 Å². The Morgan fingerprint density at radius 1 is 0.778 bits per heavy atom. The van der Waals surface area contributed by atoms with Gasteiger partial charge in [-0.2, -0.15) is 4.57 Å². The lowest BCUT2D eigenvalue weighted by molar-refractivity contribution is -0.633. The van der Waals surface area contributed by atoms with Crippen LogP contribution in [0.2, 0.25) is 0 Å². The predicted molar refractivity (Wildman–Crippen MR) is 145 cm³/mol. The number of hydrogen-bond donors (Lipinski definition) is 0. The van der Waals surface area contributed by atoms with Crippen molar-refractivity contribution in [2.45, 2.75) is 6.92 Å². The van der Waals surface area contributed by atoms with Gasteiger partial charge in [-0.15, -0.1) is 0 Å². The molecule has 4 nitrogen and oxygen atoms in total. The summed E-state index contributed by atoms with van der Waals surface area (Å²) in [6, 6.07) is 36.6. The van der Waals surface area contributed by atoms with Crippen molar-refractivity contribution in [1.82, 2.24) is 9.55 Å². The van der Waals surface area contributed by atoms with Crippen LogP contribution in [-0.2, 0) is 7.05 Å². The van der Waals surface area contributed by atoms with E-state index >= 15 is 0 Å². The van der Waals surface area contributed by atoms with E-state index in [4.69, 9.17) is 4.42 Å². The SMILES string of the molecule is Cc1ccc(-c2ccc3c(ccc4ncoc43)c2)cc1-c1n(-c2ccccc2)c2ccccc2[n+]1C. The fourth-order valence-corrected chi connectivity index (χ4v) is 5.33. The van der Waals surface area contributed by atoms with E-state index in [9.17, 15) is 0 Å². The molecular weight excluding hydrogens is 442 g/mol. The highest BCUT2D eigenvalue weighted by molar-refractivity contribution is 6.04. The molecule has 5 aromatic carbocycles. The molecule has 0 atom stereocenters. The molecule has 0 aliphatic heterocycles. The lowest BCUT2D eigenvalue weighted by atomic mass is 9.97. The van der Waals surface area contributed by atoms with Gasteiger partial charge in [-0.05, 0) is 77.5 Å². The van der Waals surface area contributed by atoms with E-state index in [1.807, 2.05) is 6.07 Å². The zero-order chi connectivity index (χ0) is 24.2. The lowest BCUT2D eigenvalue weighted by Gasteiger charge is -2.10. The Hall–Kier alpha value is -4.70. The first-order valence-corrected chi connectivity index (χ1v) is 12.1. The number of aromatic nitrogens is 3. The maximum atomic E-state index is 5.65. The minimum atomic E-state index is 0.836. The molecule has 0 spiro atoms. The van der Waals surface area contributed by atoms with E-state index in [0.29, 0.717) is 0 Å². The van der Waals surface area contributed by atoms with E-state index in [2.05, 4.69) is 125 Å². The molecule has 0 saturated heterocycles. The molecular formula is C32H24N3O+. The Kier molecular flexibility index (Phi) is 4.55. The number of benzene rings is 5. The third kappa shape index (κ3) is 3.08. The molecule has 0 saturated carbocycles. The second-order valence-electron chi connectivity index (χ2n) is 9.27. The smallest absolute Gasteiger partial charge is 0.295 e. The second kappa shape index (κ2) is 7.92. The van der Waals surface area contributed by atoms with Crippen LogP contribution in [0, 0.1) is 6.92 Å². The normalized spacial score (nSPS) is 11.6. The molecule has 7 aromatic rings. The van der Waals surface area contributed by atoms with Crippen molar-refractivity contribution in [2.75, 3.05) is 0 Å². The van der Waals surface area contributed by atoms with Crippen molar-refractivity contribution in [3.05, 3.63) is 115 Å². The van der Waals surface area contributed by atoms with Crippen molar-refractivity contribution in [3.8, 4) is 28.2 Å². The molecule has 0 aliphatic carbocycles. The topological polar surface area (TPSA) is 34.8 Å². The standard InChI is InChI=1S/C32H24N3O/c1-21-12-13-23(22-14-16-26-24(18-22)15-17-28-31(26)36-20-33-28)19-27(21)32-34(2)29-10-6-7-11-30(29)35(32)25-8-4-3-5-9-25/h3-20H,1-2H3/q+1. The molecule has 172 valence electrons. The van der Waals surface area contributed by atoms with Gasteiger partial charge in [-0.3, -0.25) is 0 Å². The monoisotopic (exact) mass is 466 g/mol. The summed E-state index contributed by atoms with van der Waals surface area (Å²) in [4.78, 5) is 4.29. The van der Waals surface area contributed by atoms with Crippen LogP contribution >= 0.6 is 0 Å². The van der Waals surface area contributed by atoms with Crippen molar-refractivity contribution in [3.63, 3.8) is 0 Å². The van der Waals surface area contributed by atoms with Crippen molar-refractivity contribution < 1.29 is 8.98 Å². The number of imidazole rings is 1. The lowest BCUT2D eigenvalue weighted by Crippen LogP contribution is -2.30. The summed E-state index contributed by atoms with van der Waals surface area (Å²) >= 11 is 0. The van der Waals surface area contributed by atoms with Crippen LogP contribution in [0.5, 0.6) is 0 Å². The van der Waals surface area contributed by atoms with Crippen LogP contribution in [0.15, 0.2) is 114 Å². The van der Waals surface area contributed by atoms with Gasteiger partial charge in [0, 0.05) is 5.39 Å². The molecule has 0 radical (unpaired) electrons. The highest BCUT2D eigenvalue weighted by Gasteiger charge is 2.27. The molecule has 0 aliphatic rings. The number of aryl methyl sites for hydroxylation is 2. The fourth-order valence-electron chi connectivity index (χ4n) is 5.33. The highest BCUT2D eigenvalue weighted by Crippen LogP contribution is 2.34. The molecule has 36 heavy (non-hydrogen) atoms. The van der Waals surface area contributed by atoms with E-state index in [1.54, 1.807) is 0 Å². The molecule has 0 amide bonds. The van der Waals surface area contributed by atoms with E-state index in [0.717, 1.165) is 33.4 Å². The largest absolute Gasteiger partial charge is 0.443 e. The van der Waals surface area contributed by atoms with Gasteiger partial charge in [0.25, 0.3) is 5.82 Å². The summed E-state index contributed by atoms with van der Waals surface area (Å²) in [5, 5.41) is 2.22. The quantitative estimate of drug-likeness (QED) is 0.254. The van der Waals surface area contributed by atoms with Gasteiger partial charge in [0.2, 0.25) is 0 Å². The number of oxazole rings is 1. The minimum absolute atomic E-state index is 0.836.